The Hall–Kier alpha value is -3.60. The van der Waals surface area contributed by atoms with Crippen molar-refractivity contribution < 1.29 is 9.59 Å². The van der Waals surface area contributed by atoms with Crippen LogP contribution < -0.4 is 15.5 Å². The van der Waals surface area contributed by atoms with Crippen LogP contribution in [0.4, 0.5) is 17.1 Å². The summed E-state index contributed by atoms with van der Waals surface area (Å²) in [6.45, 7) is 6.32. The van der Waals surface area contributed by atoms with Gasteiger partial charge in [0.15, 0.2) is 0 Å². The van der Waals surface area contributed by atoms with Crippen molar-refractivity contribution in [1.29, 1.82) is 0 Å². The van der Waals surface area contributed by atoms with E-state index in [1.807, 2.05) is 61.5 Å². The van der Waals surface area contributed by atoms with Crippen LogP contribution in [-0.4, -0.2) is 51.9 Å². The summed E-state index contributed by atoms with van der Waals surface area (Å²) < 4.78 is 1.50. The number of carbonyl (C=O) groups is 2. The number of nitrogens with one attached hydrogen (secondary N) is 2. The number of carbonyl (C=O) groups excluding carboxylic acids is 2. The number of amides is 2. The number of anilines is 3. The molecule has 0 spiro atoms. The molecular formula is C28H29Cl2N7O2S. The Kier molecular flexibility index (Phi) is 9.02. The molecule has 0 aliphatic carbocycles. The van der Waals surface area contributed by atoms with Gasteiger partial charge in [-0.15, -0.1) is 5.10 Å². The number of aromatic nitrogens is 4. The Morgan fingerprint density at radius 3 is 2.30 bits per heavy atom. The highest BCUT2D eigenvalue weighted by atomic mass is 35.5. The maximum atomic E-state index is 12.7. The third kappa shape index (κ3) is 7.12. The highest BCUT2D eigenvalue weighted by Gasteiger charge is 2.19. The van der Waals surface area contributed by atoms with Gasteiger partial charge in [0, 0.05) is 31.0 Å². The van der Waals surface area contributed by atoms with Crippen molar-refractivity contribution in [1.82, 2.24) is 20.2 Å². The summed E-state index contributed by atoms with van der Waals surface area (Å²) in [6.07, 6.45) is 0. The maximum Gasteiger partial charge on any atom is 0.255 e. The van der Waals surface area contributed by atoms with Crippen LogP contribution >= 0.6 is 35.0 Å². The number of hydrogen-bond acceptors (Lipinski definition) is 7. The van der Waals surface area contributed by atoms with Crippen LogP contribution in [0.3, 0.4) is 0 Å². The first-order valence-corrected chi connectivity index (χ1v) is 14.1. The Bertz CT molecular complexity index is 1530. The Labute approximate surface area is 247 Å². The Balaban J connectivity index is 1.37. The lowest BCUT2D eigenvalue weighted by Crippen LogP contribution is -2.16. The maximum absolute atomic E-state index is 12.7. The fourth-order valence-corrected chi connectivity index (χ4v) is 4.86. The molecule has 0 fully saturated rings. The van der Waals surface area contributed by atoms with E-state index in [9.17, 15) is 9.59 Å². The van der Waals surface area contributed by atoms with E-state index in [0.29, 0.717) is 32.8 Å². The Morgan fingerprint density at radius 2 is 1.68 bits per heavy atom. The average Bonchev–Trinajstić information content (AvgIpc) is 3.36. The molecule has 1 aromatic heterocycles. The minimum Gasteiger partial charge on any atom is -0.378 e. The molecule has 0 unspecified atom stereocenters. The molecule has 9 nitrogen and oxygen atoms in total. The fourth-order valence-electron chi connectivity index (χ4n) is 3.69. The van der Waals surface area contributed by atoms with Crippen LogP contribution in [0.1, 0.15) is 36.7 Å². The molecule has 0 aliphatic heterocycles. The zero-order valence-electron chi connectivity index (χ0n) is 22.7. The molecule has 0 saturated heterocycles. The van der Waals surface area contributed by atoms with Crippen molar-refractivity contribution in [2.45, 2.75) is 31.3 Å². The highest BCUT2D eigenvalue weighted by Crippen LogP contribution is 2.30. The fraction of sp³-hybridized carbons (Fsp3) is 0.250. The molecule has 0 aliphatic rings. The molecule has 3 aromatic carbocycles. The van der Waals surface area contributed by atoms with Crippen LogP contribution in [0.25, 0.3) is 5.69 Å². The van der Waals surface area contributed by atoms with E-state index in [-0.39, 0.29) is 28.0 Å². The van der Waals surface area contributed by atoms with Gasteiger partial charge >= 0.3 is 0 Å². The van der Waals surface area contributed by atoms with Crippen molar-refractivity contribution in [2.24, 2.45) is 0 Å². The molecule has 0 bridgehead atoms. The first-order chi connectivity index (χ1) is 18.9. The molecular weight excluding hydrogens is 569 g/mol. The summed E-state index contributed by atoms with van der Waals surface area (Å²) in [7, 11) is 3.89. The third-order valence-corrected chi connectivity index (χ3v) is 7.50. The van der Waals surface area contributed by atoms with E-state index >= 15 is 0 Å². The van der Waals surface area contributed by atoms with Crippen LogP contribution in [0.5, 0.6) is 0 Å². The zero-order chi connectivity index (χ0) is 29.0. The second-order valence-corrected chi connectivity index (χ2v) is 12.0. The van der Waals surface area contributed by atoms with Crippen LogP contribution in [0, 0.1) is 0 Å². The monoisotopic (exact) mass is 597 g/mol. The van der Waals surface area contributed by atoms with Crippen LogP contribution in [-0.2, 0) is 10.2 Å². The predicted molar refractivity (Wildman–Crippen MR) is 162 cm³/mol. The van der Waals surface area contributed by atoms with Gasteiger partial charge in [-0.25, -0.2) is 0 Å². The number of thioether (sulfide) groups is 1. The SMILES string of the molecule is CN(C)c1ccc(NC(=O)c2ccc(NC(=O)CSc3nnnn3-c3ccc(C(C)(C)C)cc3Cl)c(Cl)c2)cc1. The standard InChI is InChI=1S/C28H29Cl2N7O2S/c1-28(2,3)18-7-13-24(22(30)15-18)37-27(33-34-35-37)40-16-25(38)32-23-12-6-17(14-21(23)29)26(39)31-19-8-10-20(11-9-19)36(4)5/h6-15H,16H2,1-5H3,(H,31,39)(H,32,38). The number of tetrazole rings is 1. The number of hydrogen-bond donors (Lipinski definition) is 2. The largest absolute Gasteiger partial charge is 0.378 e. The lowest BCUT2D eigenvalue weighted by atomic mass is 9.87. The summed E-state index contributed by atoms with van der Waals surface area (Å²) in [4.78, 5) is 27.4. The van der Waals surface area contributed by atoms with Crippen LogP contribution in [0.2, 0.25) is 10.0 Å². The van der Waals surface area contributed by atoms with E-state index in [1.54, 1.807) is 12.1 Å². The van der Waals surface area contributed by atoms with Gasteiger partial charge in [-0.2, -0.15) is 4.68 Å². The van der Waals surface area contributed by atoms with Gasteiger partial charge in [0.25, 0.3) is 5.91 Å². The van der Waals surface area contributed by atoms with Gasteiger partial charge in [0.1, 0.15) is 0 Å². The van der Waals surface area contributed by atoms with E-state index in [2.05, 4.69) is 46.9 Å². The minimum absolute atomic E-state index is 0.0274. The molecule has 0 atom stereocenters. The normalized spacial score (nSPS) is 11.3. The number of nitrogens with zero attached hydrogens (tertiary/aromatic N) is 5. The molecule has 40 heavy (non-hydrogen) atoms. The molecule has 12 heteroatoms. The van der Waals surface area contributed by atoms with E-state index in [1.165, 1.54) is 10.7 Å². The predicted octanol–water partition coefficient (Wildman–Crippen LogP) is 6.32. The first-order valence-electron chi connectivity index (χ1n) is 12.3. The first kappa shape index (κ1) is 29.4. The number of halogens is 2. The summed E-state index contributed by atoms with van der Waals surface area (Å²) in [6, 6.07) is 17.9. The van der Waals surface area contributed by atoms with Crippen molar-refractivity contribution >= 4 is 63.8 Å². The van der Waals surface area contributed by atoms with Gasteiger partial charge in [0.2, 0.25) is 11.1 Å². The van der Waals surface area contributed by atoms with Gasteiger partial charge in [-0.3, -0.25) is 9.59 Å². The molecule has 0 saturated carbocycles. The molecule has 4 aromatic rings. The van der Waals surface area contributed by atoms with Crippen LogP contribution in [0.15, 0.2) is 65.8 Å². The van der Waals surface area contributed by atoms with Crippen molar-refractivity contribution in [3.63, 3.8) is 0 Å². The topological polar surface area (TPSA) is 105 Å². The second kappa shape index (κ2) is 12.3. The van der Waals surface area contributed by atoms with Crippen molar-refractivity contribution in [3.8, 4) is 5.69 Å². The summed E-state index contributed by atoms with van der Waals surface area (Å²) in [5.74, 6) is -0.595. The van der Waals surface area contributed by atoms with Gasteiger partial charge in [-0.05, 0) is 76.0 Å². The lowest BCUT2D eigenvalue weighted by molar-refractivity contribution is -0.113. The van der Waals surface area contributed by atoms with E-state index in [4.69, 9.17) is 23.2 Å². The number of benzene rings is 3. The Morgan fingerprint density at radius 1 is 0.950 bits per heavy atom. The average molecular weight is 599 g/mol. The highest BCUT2D eigenvalue weighted by molar-refractivity contribution is 7.99. The summed E-state index contributed by atoms with van der Waals surface area (Å²) >= 11 is 14.1. The van der Waals surface area contributed by atoms with Gasteiger partial charge in [-0.1, -0.05) is 61.8 Å². The second-order valence-electron chi connectivity index (χ2n) is 10.2. The molecule has 1 heterocycles. The van der Waals surface area contributed by atoms with Gasteiger partial charge < -0.3 is 15.5 Å². The van der Waals surface area contributed by atoms with Crippen molar-refractivity contribution in [2.75, 3.05) is 35.4 Å². The molecule has 4 rings (SSSR count). The summed E-state index contributed by atoms with van der Waals surface area (Å²) in [5.41, 5.74) is 4.08. The quantitative estimate of drug-likeness (QED) is 0.229. The van der Waals surface area contributed by atoms with E-state index in [0.717, 1.165) is 23.0 Å². The summed E-state index contributed by atoms with van der Waals surface area (Å²) in [5, 5.41) is 18.6. The molecule has 2 N–H and O–H groups in total. The van der Waals surface area contributed by atoms with Crippen molar-refractivity contribution in [3.05, 3.63) is 81.8 Å². The molecule has 0 radical (unpaired) electrons. The third-order valence-electron chi connectivity index (χ3n) is 5.96. The number of rotatable bonds is 8. The zero-order valence-corrected chi connectivity index (χ0v) is 25.0. The van der Waals surface area contributed by atoms with E-state index < -0.39 is 0 Å². The lowest BCUT2D eigenvalue weighted by Gasteiger charge is -2.20. The molecule has 2 amide bonds. The molecule has 208 valence electrons. The smallest absolute Gasteiger partial charge is 0.255 e. The van der Waals surface area contributed by atoms with Gasteiger partial charge in [0.05, 0.1) is 27.2 Å². The minimum atomic E-state index is -0.311.